The maximum absolute atomic E-state index is 13.3. The second-order valence-corrected chi connectivity index (χ2v) is 7.92. The molecule has 0 radical (unpaired) electrons. The Bertz CT molecular complexity index is 713. The van der Waals surface area contributed by atoms with E-state index < -0.39 is 14.6 Å². The van der Waals surface area contributed by atoms with Crippen molar-refractivity contribution >= 4 is 9.84 Å². The Kier molecular flexibility index (Phi) is 3.59. The molecule has 2 aromatic carbocycles. The zero-order valence-corrected chi connectivity index (χ0v) is 12.9. The number of benzene rings is 2. The summed E-state index contributed by atoms with van der Waals surface area (Å²) in [6, 6.07) is 18.4. The van der Waals surface area contributed by atoms with Gasteiger partial charge < -0.3 is 4.90 Å². The van der Waals surface area contributed by atoms with Crippen LogP contribution < -0.4 is 0 Å². The van der Waals surface area contributed by atoms with Crippen molar-refractivity contribution in [2.24, 2.45) is 0 Å². The van der Waals surface area contributed by atoms with Crippen LogP contribution in [-0.4, -0.2) is 33.5 Å². The van der Waals surface area contributed by atoms with Crippen LogP contribution in [0.4, 0.5) is 0 Å². The zero-order valence-electron chi connectivity index (χ0n) is 12.1. The van der Waals surface area contributed by atoms with E-state index in [1.807, 2.05) is 43.4 Å². The topological polar surface area (TPSA) is 37.4 Å². The predicted octanol–water partition coefficient (Wildman–Crippen LogP) is 2.69. The molecule has 2 aromatic rings. The van der Waals surface area contributed by atoms with Gasteiger partial charge in [-0.15, -0.1) is 0 Å². The Morgan fingerprint density at radius 2 is 1.52 bits per heavy atom. The fraction of sp³-hybridized carbons (Fsp3) is 0.294. The monoisotopic (exact) mass is 301 g/mol. The third-order valence-corrected chi connectivity index (χ3v) is 6.78. The van der Waals surface area contributed by atoms with Gasteiger partial charge >= 0.3 is 0 Å². The molecule has 1 saturated heterocycles. The van der Waals surface area contributed by atoms with E-state index in [-0.39, 0.29) is 0 Å². The number of hydrogen-bond donors (Lipinski definition) is 0. The molecule has 3 nitrogen and oxygen atoms in total. The molecule has 3 rings (SSSR count). The average Bonchev–Trinajstić information content (AvgIpc) is 2.93. The number of nitrogens with zero attached hydrogens (tertiary/aromatic N) is 1. The number of likely N-dealkylation sites (tertiary alicyclic amines) is 1. The van der Waals surface area contributed by atoms with Crippen LogP contribution in [0, 0.1) is 0 Å². The SMILES string of the molecule is CN1CCC(c2ccccc2)(S(=O)(=O)c2ccccc2)C1. The third-order valence-electron chi connectivity index (χ3n) is 4.29. The molecule has 1 atom stereocenters. The van der Waals surface area contributed by atoms with Crippen molar-refractivity contribution in [1.82, 2.24) is 4.90 Å². The number of likely N-dealkylation sites (N-methyl/N-ethyl adjacent to an activating group) is 1. The fourth-order valence-electron chi connectivity index (χ4n) is 3.14. The molecular weight excluding hydrogens is 282 g/mol. The lowest BCUT2D eigenvalue weighted by atomic mass is 9.97. The van der Waals surface area contributed by atoms with E-state index in [1.54, 1.807) is 24.3 Å². The van der Waals surface area contributed by atoms with Gasteiger partial charge in [0.15, 0.2) is 9.84 Å². The lowest BCUT2D eigenvalue weighted by molar-refractivity contribution is 0.400. The first-order chi connectivity index (χ1) is 10.1. The quantitative estimate of drug-likeness (QED) is 0.875. The van der Waals surface area contributed by atoms with Gasteiger partial charge in [0.05, 0.1) is 4.90 Å². The van der Waals surface area contributed by atoms with Crippen LogP contribution in [0.15, 0.2) is 65.6 Å². The summed E-state index contributed by atoms with van der Waals surface area (Å²) in [6.07, 6.45) is 0.630. The van der Waals surface area contributed by atoms with Crippen molar-refractivity contribution < 1.29 is 8.42 Å². The maximum atomic E-state index is 13.3. The Labute approximate surface area is 126 Å². The molecular formula is C17H19NO2S. The molecule has 1 unspecified atom stereocenters. The molecule has 0 bridgehead atoms. The minimum Gasteiger partial charge on any atom is -0.304 e. The van der Waals surface area contributed by atoms with E-state index in [1.165, 1.54) is 0 Å². The Hall–Kier alpha value is -1.65. The summed E-state index contributed by atoms with van der Waals surface area (Å²) < 4.78 is 25.7. The number of sulfone groups is 1. The van der Waals surface area contributed by atoms with E-state index in [0.717, 1.165) is 12.1 Å². The molecule has 0 amide bonds. The van der Waals surface area contributed by atoms with Crippen molar-refractivity contribution in [3.05, 3.63) is 66.2 Å². The predicted molar refractivity (Wildman–Crippen MR) is 83.9 cm³/mol. The van der Waals surface area contributed by atoms with E-state index in [2.05, 4.69) is 4.90 Å². The summed E-state index contributed by atoms with van der Waals surface area (Å²) in [5.74, 6) is 0. The molecule has 1 aliphatic heterocycles. The third kappa shape index (κ3) is 2.28. The zero-order chi connectivity index (χ0) is 14.9. The Morgan fingerprint density at radius 3 is 2.05 bits per heavy atom. The molecule has 0 N–H and O–H groups in total. The molecule has 110 valence electrons. The summed E-state index contributed by atoms with van der Waals surface area (Å²) in [6.45, 7) is 1.33. The van der Waals surface area contributed by atoms with Gasteiger partial charge in [-0.05, 0) is 37.7 Å². The minimum absolute atomic E-state index is 0.407. The van der Waals surface area contributed by atoms with Crippen molar-refractivity contribution in [3.63, 3.8) is 0 Å². The highest BCUT2D eigenvalue weighted by Crippen LogP contribution is 2.42. The molecule has 21 heavy (non-hydrogen) atoms. The van der Waals surface area contributed by atoms with Gasteiger partial charge in [0.25, 0.3) is 0 Å². The van der Waals surface area contributed by atoms with E-state index in [9.17, 15) is 8.42 Å². The molecule has 1 aliphatic rings. The summed E-state index contributed by atoms with van der Waals surface area (Å²) in [5.41, 5.74) is 0.887. The molecule has 4 heteroatoms. The standard InChI is InChI=1S/C17H19NO2S/c1-18-13-12-17(14-18,15-8-4-2-5-9-15)21(19,20)16-10-6-3-7-11-16/h2-11H,12-14H2,1H3. The first-order valence-electron chi connectivity index (χ1n) is 7.10. The molecule has 0 saturated carbocycles. The van der Waals surface area contributed by atoms with Gasteiger partial charge in [-0.3, -0.25) is 0 Å². The summed E-state index contributed by atoms with van der Waals surface area (Å²) in [4.78, 5) is 2.50. The van der Waals surface area contributed by atoms with Crippen LogP contribution in [0.2, 0.25) is 0 Å². The highest BCUT2D eigenvalue weighted by atomic mass is 32.2. The molecule has 1 fully saturated rings. The average molecular weight is 301 g/mol. The van der Waals surface area contributed by atoms with Crippen LogP contribution in [0.25, 0.3) is 0 Å². The second kappa shape index (κ2) is 5.28. The first kappa shape index (κ1) is 14.3. The van der Waals surface area contributed by atoms with Gasteiger partial charge in [-0.1, -0.05) is 48.5 Å². The summed E-state index contributed by atoms with van der Waals surface area (Å²) in [5, 5.41) is 0. The van der Waals surface area contributed by atoms with Gasteiger partial charge in [0.1, 0.15) is 4.75 Å². The van der Waals surface area contributed by atoms with Gasteiger partial charge in [-0.25, -0.2) is 8.42 Å². The van der Waals surface area contributed by atoms with Crippen LogP contribution >= 0.6 is 0 Å². The highest BCUT2D eigenvalue weighted by molar-refractivity contribution is 7.92. The van der Waals surface area contributed by atoms with Crippen molar-refractivity contribution in [2.45, 2.75) is 16.1 Å². The van der Waals surface area contributed by atoms with Crippen molar-refractivity contribution in [2.75, 3.05) is 20.1 Å². The normalized spacial score (nSPS) is 23.3. The maximum Gasteiger partial charge on any atom is 0.189 e. The highest BCUT2D eigenvalue weighted by Gasteiger charge is 2.49. The molecule has 0 aliphatic carbocycles. The summed E-state index contributed by atoms with van der Waals surface area (Å²) >= 11 is 0. The Balaban J connectivity index is 2.18. The smallest absolute Gasteiger partial charge is 0.189 e. The van der Waals surface area contributed by atoms with Crippen LogP contribution in [0.1, 0.15) is 12.0 Å². The van der Waals surface area contributed by atoms with Crippen LogP contribution in [-0.2, 0) is 14.6 Å². The summed E-state index contributed by atoms with van der Waals surface area (Å²) in [7, 11) is -1.45. The lowest BCUT2D eigenvalue weighted by Gasteiger charge is -2.29. The fourth-order valence-corrected chi connectivity index (χ4v) is 5.31. The van der Waals surface area contributed by atoms with E-state index in [4.69, 9.17) is 0 Å². The minimum atomic E-state index is -3.43. The van der Waals surface area contributed by atoms with Crippen LogP contribution in [0.3, 0.4) is 0 Å². The Morgan fingerprint density at radius 1 is 0.952 bits per heavy atom. The molecule has 0 spiro atoms. The van der Waals surface area contributed by atoms with Gasteiger partial charge in [-0.2, -0.15) is 0 Å². The number of rotatable bonds is 3. The molecule has 0 aromatic heterocycles. The van der Waals surface area contributed by atoms with Crippen molar-refractivity contribution in [1.29, 1.82) is 0 Å². The van der Waals surface area contributed by atoms with E-state index in [0.29, 0.717) is 17.9 Å². The van der Waals surface area contributed by atoms with Gasteiger partial charge in [0.2, 0.25) is 0 Å². The van der Waals surface area contributed by atoms with E-state index >= 15 is 0 Å². The second-order valence-electron chi connectivity index (χ2n) is 5.66. The van der Waals surface area contributed by atoms with Gasteiger partial charge in [0, 0.05) is 6.54 Å². The van der Waals surface area contributed by atoms with Crippen LogP contribution in [0.5, 0.6) is 0 Å². The molecule has 1 heterocycles. The largest absolute Gasteiger partial charge is 0.304 e. The first-order valence-corrected chi connectivity index (χ1v) is 8.58. The van der Waals surface area contributed by atoms with Crippen molar-refractivity contribution in [3.8, 4) is 0 Å². The number of hydrogen-bond acceptors (Lipinski definition) is 3. The lowest BCUT2D eigenvalue weighted by Crippen LogP contribution is -2.38.